The van der Waals surface area contributed by atoms with Crippen molar-refractivity contribution in [2.45, 2.75) is 11.7 Å². The van der Waals surface area contributed by atoms with Crippen molar-refractivity contribution >= 4 is 29.3 Å². The molecule has 2 heterocycles. The molecule has 1 saturated heterocycles. The van der Waals surface area contributed by atoms with Gasteiger partial charge in [0.05, 0.1) is 0 Å². The summed E-state index contributed by atoms with van der Waals surface area (Å²) in [5.74, 6) is 2.58. The first kappa shape index (κ1) is 16.6. The van der Waals surface area contributed by atoms with E-state index in [4.69, 9.17) is 21.1 Å². The number of ether oxygens (including phenoxy) is 2. The summed E-state index contributed by atoms with van der Waals surface area (Å²) in [4.78, 5) is 14.6. The van der Waals surface area contributed by atoms with Crippen molar-refractivity contribution in [3.63, 3.8) is 0 Å². The number of hydrogen-bond acceptors (Lipinski definition) is 4. The second kappa shape index (κ2) is 7.18. The van der Waals surface area contributed by atoms with Crippen LogP contribution in [0.2, 0.25) is 5.02 Å². The van der Waals surface area contributed by atoms with Gasteiger partial charge < -0.3 is 14.4 Å². The van der Waals surface area contributed by atoms with Crippen LogP contribution in [0.1, 0.15) is 27.6 Å². The summed E-state index contributed by atoms with van der Waals surface area (Å²) >= 11 is 7.90. The van der Waals surface area contributed by atoms with Crippen LogP contribution in [0.4, 0.5) is 0 Å². The van der Waals surface area contributed by atoms with Crippen LogP contribution >= 0.6 is 23.4 Å². The second-order valence-electron chi connectivity index (χ2n) is 6.06. The Morgan fingerprint density at radius 3 is 2.88 bits per heavy atom. The molecule has 25 heavy (non-hydrogen) atoms. The van der Waals surface area contributed by atoms with Crippen molar-refractivity contribution in [1.29, 1.82) is 0 Å². The number of rotatable bonds is 2. The molecule has 0 aromatic heterocycles. The normalized spacial score (nSPS) is 19.6. The van der Waals surface area contributed by atoms with E-state index >= 15 is 0 Å². The van der Waals surface area contributed by atoms with E-state index < -0.39 is 0 Å². The Hall–Kier alpha value is -1.85. The highest BCUT2D eigenvalue weighted by atomic mass is 35.5. The Kier molecular flexibility index (Phi) is 4.77. The standard InChI is InChI=1S/C19H18ClNO3S/c20-15-3-1-2-14(10-15)19(22)21-7-6-18(25-9-8-21)13-4-5-16-17(11-13)24-12-23-16/h1-5,10-11,18H,6-9,12H2. The fraction of sp³-hybridized carbons (Fsp3) is 0.316. The number of halogens is 1. The van der Waals surface area contributed by atoms with Gasteiger partial charge in [-0.05, 0) is 42.3 Å². The number of amides is 1. The molecular formula is C19H18ClNO3S. The number of carbonyl (C=O) groups excluding carboxylic acids is 1. The highest BCUT2D eigenvalue weighted by molar-refractivity contribution is 7.99. The predicted octanol–water partition coefficient (Wildman–Crippen LogP) is 4.39. The van der Waals surface area contributed by atoms with Gasteiger partial charge in [-0.1, -0.05) is 23.7 Å². The minimum absolute atomic E-state index is 0.0504. The monoisotopic (exact) mass is 375 g/mol. The average Bonchev–Trinajstić information content (AvgIpc) is 2.96. The summed E-state index contributed by atoms with van der Waals surface area (Å²) in [6.07, 6.45) is 0.913. The third-order valence-corrected chi connectivity index (χ3v) is 6.03. The summed E-state index contributed by atoms with van der Waals surface area (Å²) in [6, 6.07) is 13.3. The van der Waals surface area contributed by atoms with Crippen molar-refractivity contribution in [2.75, 3.05) is 25.6 Å². The number of hydrogen-bond donors (Lipinski definition) is 0. The van der Waals surface area contributed by atoms with E-state index in [-0.39, 0.29) is 5.91 Å². The maximum atomic E-state index is 12.7. The minimum atomic E-state index is 0.0504. The molecule has 6 heteroatoms. The molecule has 1 amide bonds. The van der Waals surface area contributed by atoms with Crippen LogP contribution in [0.3, 0.4) is 0 Å². The number of benzene rings is 2. The topological polar surface area (TPSA) is 38.8 Å². The van der Waals surface area contributed by atoms with E-state index in [0.717, 1.165) is 36.8 Å². The van der Waals surface area contributed by atoms with E-state index in [2.05, 4.69) is 12.1 Å². The first-order chi connectivity index (χ1) is 12.2. The summed E-state index contributed by atoms with van der Waals surface area (Å²) in [5, 5.41) is 0.944. The molecule has 1 fully saturated rings. The largest absolute Gasteiger partial charge is 0.454 e. The zero-order chi connectivity index (χ0) is 17.2. The Bertz CT molecular complexity index is 798. The number of fused-ring (bicyclic) bond motifs is 1. The van der Waals surface area contributed by atoms with Gasteiger partial charge in [-0.15, -0.1) is 0 Å². The number of carbonyl (C=O) groups is 1. The van der Waals surface area contributed by atoms with Gasteiger partial charge in [0, 0.05) is 34.7 Å². The lowest BCUT2D eigenvalue weighted by Gasteiger charge is -2.20. The molecule has 0 aliphatic carbocycles. The molecule has 0 N–H and O–H groups in total. The lowest BCUT2D eigenvalue weighted by atomic mass is 10.1. The Balaban J connectivity index is 1.46. The molecule has 0 spiro atoms. The van der Waals surface area contributed by atoms with E-state index in [1.54, 1.807) is 12.1 Å². The number of nitrogens with zero attached hydrogens (tertiary/aromatic N) is 1. The van der Waals surface area contributed by atoms with Gasteiger partial charge in [-0.25, -0.2) is 0 Å². The molecule has 2 aliphatic heterocycles. The van der Waals surface area contributed by atoms with Crippen molar-refractivity contribution in [1.82, 2.24) is 4.90 Å². The third-order valence-electron chi connectivity index (χ3n) is 4.47. The van der Waals surface area contributed by atoms with Gasteiger partial charge in [0.15, 0.2) is 11.5 Å². The average molecular weight is 376 g/mol. The van der Waals surface area contributed by atoms with Gasteiger partial charge in [-0.3, -0.25) is 4.79 Å². The number of thioether (sulfide) groups is 1. The summed E-state index contributed by atoms with van der Waals surface area (Å²) in [6.45, 7) is 1.77. The molecule has 130 valence electrons. The minimum Gasteiger partial charge on any atom is -0.454 e. The molecule has 2 aromatic carbocycles. The first-order valence-electron chi connectivity index (χ1n) is 8.27. The van der Waals surface area contributed by atoms with E-state index in [1.807, 2.05) is 34.9 Å². The smallest absolute Gasteiger partial charge is 0.253 e. The highest BCUT2D eigenvalue weighted by Gasteiger charge is 2.24. The molecule has 4 rings (SSSR count). The maximum Gasteiger partial charge on any atom is 0.253 e. The van der Waals surface area contributed by atoms with Crippen molar-refractivity contribution in [3.8, 4) is 11.5 Å². The molecule has 1 unspecified atom stereocenters. The lowest BCUT2D eigenvalue weighted by Crippen LogP contribution is -2.32. The van der Waals surface area contributed by atoms with E-state index in [1.165, 1.54) is 5.56 Å². The molecule has 4 nitrogen and oxygen atoms in total. The maximum absolute atomic E-state index is 12.7. The van der Waals surface area contributed by atoms with Gasteiger partial charge in [0.2, 0.25) is 6.79 Å². The molecule has 0 saturated carbocycles. The molecular weight excluding hydrogens is 358 g/mol. The highest BCUT2D eigenvalue weighted by Crippen LogP contribution is 2.40. The molecule has 0 bridgehead atoms. The van der Waals surface area contributed by atoms with Crippen molar-refractivity contribution < 1.29 is 14.3 Å². The molecule has 1 atom stereocenters. The van der Waals surface area contributed by atoms with Crippen LogP contribution in [0.5, 0.6) is 11.5 Å². The van der Waals surface area contributed by atoms with Gasteiger partial charge in [-0.2, -0.15) is 11.8 Å². The quantitative estimate of drug-likeness (QED) is 0.780. The van der Waals surface area contributed by atoms with Crippen LogP contribution in [0, 0.1) is 0 Å². The van der Waals surface area contributed by atoms with E-state index in [9.17, 15) is 4.79 Å². The SMILES string of the molecule is O=C(c1cccc(Cl)c1)N1CCSC(c2ccc3c(c2)OCO3)CC1. The van der Waals surface area contributed by atoms with Crippen LogP contribution < -0.4 is 9.47 Å². The predicted molar refractivity (Wildman–Crippen MR) is 99.7 cm³/mol. The van der Waals surface area contributed by atoms with Crippen molar-refractivity contribution in [3.05, 3.63) is 58.6 Å². The fourth-order valence-corrected chi connectivity index (χ4v) is 4.57. The third kappa shape index (κ3) is 3.58. The lowest BCUT2D eigenvalue weighted by molar-refractivity contribution is 0.0766. The van der Waals surface area contributed by atoms with Gasteiger partial charge >= 0.3 is 0 Å². The Labute approximate surface area is 156 Å². The summed E-state index contributed by atoms with van der Waals surface area (Å²) < 4.78 is 10.9. The molecule has 0 radical (unpaired) electrons. The zero-order valence-corrected chi connectivity index (χ0v) is 15.2. The van der Waals surface area contributed by atoms with Crippen molar-refractivity contribution in [2.24, 2.45) is 0 Å². The first-order valence-corrected chi connectivity index (χ1v) is 9.69. The molecule has 2 aromatic rings. The van der Waals surface area contributed by atoms with Crippen LogP contribution in [0.25, 0.3) is 0 Å². The van der Waals surface area contributed by atoms with Gasteiger partial charge in [0.1, 0.15) is 0 Å². The van der Waals surface area contributed by atoms with Crippen LogP contribution in [-0.4, -0.2) is 36.4 Å². The van der Waals surface area contributed by atoms with Crippen LogP contribution in [0.15, 0.2) is 42.5 Å². The summed E-state index contributed by atoms with van der Waals surface area (Å²) in [5.41, 5.74) is 1.88. The van der Waals surface area contributed by atoms with Gasteiger partial charge in [0.25, 0.3) is 5.91 Å². The zero-order valence-electron chi connectivity index (χ0n) is 13.6. The summed E-state index contributed by atoms with van der Waals surface area (Å²) in [7, 11) is 0. The Morgan fingerprint density at radius 1 is 1.12 bits per heavy atom. The fourth-order valence-electron chi connectivity index (χ4n) is 3.16. The van der Waals surface area contributed by atoms with E-state index in [0.29, 0.717) is 22.6 Å². The molecule has 2 aliphatic rings. The Morgan fingerprint density at radius 2 is 2.00 bits per heavy atom. The second-order valence-corrected chi connectivity index (χ2v) is 7.81. The van der Waals surface area contributed by atoms with Crippen LogP contribution in [-0.2, 0) is 0 Å².